The summed E-state index contributed by atoms with van der Waals surface area (Å²) in [6, 6.07) is 0.172. The van der Waals surface area contributed by atoms with Crippen molar-refractivity contribution in [1.29, 1.82) is 0 Å². The average molecular weight is 509 g/mol. The van der Waals surface area contributed by atoms with Gasteiger partial charge in [-0.05, 0) is 91.1 Å². The second kappa shape index (κ2) is 11.7. The first-order valence-electron chi connectivity index (χ1n) is 14.3. The first-order valence-corrected chi connectivity index (χ1v) is 14.3. The fourth-order valence-electron chi connectivity index (χ4n) is 6.19. The van der Waals surface area contributed by atoms with Crippen LogP contribution in [0.3, 0.4) is 0 Å². The molecule has 6 heteroatoms. The van der Waals surface area contributed by atoms with Gasteiger partial charge in [0.15, 0.2) is 6.23 Å². The highest BCUT2D eigenvalue weighted by Crippen LogP contribution is 2.48. The molecule has 2 rings (SSSR count). The lowest BCUT2D eigenvalue weighted by Gasteiger charge is -2.57. The average Bonchev–Trinajstić information content (AvgIpc) is 2.76. The predicted molar refractivity (Wildman–Crippen MR) is 147 cm³/mol. The standard InChI is InChI=1S/C30H56N2O4/c1-27(2)20-18-23(31(9)29(27,5)6)22(16-14-12-11-13-15-17-25(33)34)26(35)36-24-19-21-28(3,4)30(7,8)32(24)10/h22-24H,11-21H2,1-10H3,(H,33,34). The molecule has 6 nitrogen and oxygen atoms in total. The van der Waals surface area contributed by atoms with Gasteiger partial charge in [0.05, 0.1) is 5.92 Å². The highest BCUT2D eigenvalue weighted by molar-refractivity contribution is 5.73. The van der Waals surface area contributed by atoms with E-state index in [2.05, 4.69) is 79.3 Å². The van der Waals surface area contributed by atoms with E-state index < -0.39 is 5.97 Å². The number of piperidine rings is 2. The molecule has 0 aromatic carbocycles. The van der Waals surface area contributed by atoms with Gasteiger partial charge < -0.3 is 9.84 Å². The Kier molecular flexibility index (Phi) is 10.1. The minimum atomic E-state index is -0.720. The second-order valence-corrected chi connectivity index (χ2v) is 14.0. The van der Waals surface area contributed by atoms with Crippen LogP contribution in [0.5, 0.6) is 0 Å². The van der Waals surface area contributed by atoms with Crippen molar-refractivity contribution >= 4 is 11.9 Å². The van der Waals surface area contributed by atoms with E-state index in [4.69, 9.17) is 9.84 Å². The molecular weight excluding hydrogens is 452 g/mol. The summed E-state index contributed by atoms with van der Waals surface area (Å²) in [5.41, 5.74) is 0.258. The van der Waals surface area contributed by atoms with Crippen molar-refractivity contribution in [3.63, 3.8) is 0 Å². The second-order valence-electron chi connectivity index (χ2n) is 14.0. The normalized spacial score (nSPS) is 28.4. The number of likely N-dealkylation sites (tertiary alicyclic amines) is 2. The molecule has 210 valence electrons. The van der Waals surface area contributed by atoms with Gasteiger partial charge in [0, 0.05) is 23.5 Å². The van der Waals surface area contributed by atoms with Gasteiger partial charge in [-0.15, -0.1) is 0 Å². The van der Waals surface area contributed by atoms with E-state index in [1.54, 1.807) is 0 Å². The lowest BCUT2D eigenvalue weighted by Crippen LogP contribution is -2.63. The zero-order valence-electron chi connectivity index (χ0n) is 25.1. The lowest BCUT2D eigenvalue weighted by atomic mass is 9.65. The summed E-state index contributed by atoms with van der Waals surface area (Å²) >= 11 is 0. The Balaban J connectivity index is 2.12. The van der Waals surface area contributed by atoms with E-state index in [0.29, 0.717) is 0 Å². The van der Waals surface area contributed by atoms with E-state index in [0.717, 1.165) is 64.2 Å². The van der Waals surface area contributed by atoms with E-state index in [9.17, 15) is 9.59 Å². The number of esters is 1. The molecule has 0 spiro atoms. The molecule has 0 aromatic rings. The van der Waals surface area contributed by atoms with E-state index >= 15 is 0 Å². The maximum atomic E-state index is 13.8. The van der Waals surface area contributed by atoms with Crippen molar-refractivity contribution in [2.24, 2.45) is 16.7 Å². The van der Waals surface area contributed by atoms with Crippen molar-refractivity contribution in [3.8, 4) is 0 Å². The summed E-state index contributed by atoms with van der Waals surface area (Å²) in [6.45, 7) is 18.4. The van der Waals surface area contributed by atoms with Crippen LogP contribution in [0.15, 0.2) is 0 Å². The van der Waals surface area contributed by atoms with Crippen LogP contribution in [0.4, 0.5) is 0 Å². The fourth-order valence-corrected chi connectivity index (χ4v) is 6.19. The summed E-state index contributed by atoms with van der Waals surface area (Å²) in [7, 11) is 4.29. The minimum absolute atomic E-state index is 0.0150. The summed E-state index contributed by atoms with van der Waals surface area (Å²) in [5, 5.41) is 8.85. The summed E-state index contributed by atoms with van der Waals surface area (Å²) in [5.74, 6) is -0.903. The first-order chi connectivity index (χ1) is 16.5. The van der Waals surface area contributed by atoms with Crippen molar-refractivity contribution in [2.45, 2.75) is 149 Å². The Morgan fingerprint density at radius 1 is 0.806 bits per heavy atom. The summed E-state index contributed by atoms with van der Waals surface area (Å²) < 4.78 is 6.33. The van der Waals surface area contributed by atoms with Gasteiger partial charge in [-0.1, -0.05) is 53.4 Å². The zero-order valence-corrected chi connectivity index (χ0v) is 25.1. The van der Waals surface area contributed by atoms with Crippen LogP contribution in [0.2, 0.25) is 0 Å². The number of aliphatic carboxylic acids is 1. The van der Waals surface area contributed by atoms with Gasteiger partial charge in [0.25, 0.3) is 0 Å². The highest BCUT2D eigenvalue weighted by Gasteiger charge is 2.51. The molecule has 3 atom stereocenters. The fraction of sp³-hybridized carbons (Fsp3) is 0.933. The number of carbonyl (C=O) groups excluding carboxylic acids is 1. The smallest absolute Gasteiger partial charge is 0.312 e. The van der Waals surface area contributed by atoms with Crippen LogP contribution in [-0.4, -0.2) is 64.3 Å². The number of hydrogen-bond donors (Lipinski definition) is 1. The Labute approximate surface area is 221 Å². The Hall–Kier alpha value is -1.14. The quantitative estimate of drug-likeness (QED) is 0.247. The monoisotopic (exact) mass is 508 g/mol. The van der Waals surface area contributed by atoms with Crippen LogP contribution < -0.4 is 0 Å². The third kappa shape index (κ3) is 6.64. The Morgan fingerprint density at radius 2 is 1.31 bits per heavy atom. The SMILES string of the molecule is CN1C(OC(=O)C(CCCCCCCC(=O)O)C2CCC(C)(C)C(C)(C)N2C)CCC(C)(C)C1(C)C. The van der Waals surface area contributed by atoms with Crippen molar-refractivity contribution in [3.05, 3.63) is 0 Å². The number of carbonyl (C=O) groups is 2. The molecule has 0 radical (unpaired) electrons. The van der Waals surface area contributed by atoms with Gasteiger partial charge in [-0.25, -0.2) is 0 Å². The van der Waals surface area contributed by atoms with Gasteiger partial charge in [0.2, 0.25) is 0 Å². The first kappa shape index (κ1) is 31.1. The molecule has 0 aromatic heterocycles. The van der Waals surface area contributed by atoms with Crippen LogP contribution in [-0.2, 0) is 14.3 Å². The van der Waals surface area contributed by atoms with E-state index in [-0.39, 0.29) is 52.5 Å². The molecule has 2 aliphatic heterocycles. The van der Waals surface area contributed by atoms with Gasteiger partial charge in [-0.2, -0.15) is 0 Å². The van der Waals surface area contributed by atoms with Gasteiger partial charge in [-0.3, -0.25) is 19.4 Å². The third-order valence-electron chi connectivity index (χ3n) is 11.0. The van der Waals surface area contributed by atoms with Crippen LogP contribution in [0, 0.1) is 16.7 Å². The molecule has 36 heavy (non-hydrogen) atoms. The Morgan fingerprint density at radius 3 is 1.89 bits per heavy atom. The number of hydrogen-bond acceptors (Lipinski definition) is 5. The zero-order chi connectivity index (χ0) is 27.5. The molecule has 2 saturated heterocycles. The summed E-state index contributed by atoms with van der Waals surface area (Å²) in [4.78, 5) is 29.3. The van der Waals surface area contributed by atoms with Crippen molar-refractivity contribution in [2.75, 3.05) is 14.1 Å². The molecule has 1 N–H and O–H groups in total. The van der Waals surface area contributed by atoms with Gasteiger partial charge >= 0.3 is 11.9 Å². The maximum Gasteiger partial charge on any atom is 0.312 e. The molecule has 3 unspecified atom stereocenters. The van der Waals surface area contributed by atoms with Crippen LogP contribution in [0.25, 0.3) is 0 Å². The largest absolute Gasteiger partial charge is 0.481 e. The third-order valence-corrected chi connectivity index (χ3v) is 11.0. The molecule has 2 fully saturated rings. The van der Waals surface area contributed by atoms with E-state index in [1.807, 2.05) is 0 Å². The number of ether oxygens (including phenoxy) is 1. The molecule has 2 aliphatic rings. The minimum Gasteiger partial charge on any atom is -0.481 e. The van der Waals surface area contributed by atoms with Crippen LogP contribution >= 0.6 is 0 Å². The predicted octanol–water partition coefficient (Wildman–Crippen LogP) is 6.72. The molecule has 0 aliphatic carbocycles. The number of unbranched alkanes of at least 4 members (excludes halogenated alkanes) is 4. The molecular formula is C30H56N2O4. The van der Waals surface area contributed by atoms with E-state index in [1.165, 1.54) is 0 Å². The highest BCUT2D eigenvalue weighted by atomic mass is 16.6. The molecule has 0 amide bonds. The van der Waals surface area contributed by atoms with Gasteiger partial charge in [0.1, 0.15) is 0 Å². The maximum absolute atomic E-state index is 13.8. The number of nitrogens with zero attached hydrogens (tertiary/aromatic N) is 2. The lowest BCUT2D eigenvalue weighted by molar-refractivity contribution is -0.190. The summed E-state index contributed by atoms with van der Waals surface area (Å²) in [6.07, 6.45) is 9.58. The molecule has 0 bridgehead atoms. The van der Waals surface area contributed by atoms with Crippen LogP contribution in [0.1, 0.15) is 126 Å². The number of carboxylic acid groups (broad SMARTS) is 1. The number of rotatable bonds is 11. The topological polar surface area (TPSA) is 70.1 Å². The van der Waals surface area contributed by atoms with Crippen molar-refractivity contribution in [1.82, 2.24) is 9.80 Å². The molecule has 0 saturated carbocycles. The van der Waals surface area contributed by atoms with Crippen molar-refractivity contribution < 1.29 is 19.4 Å². The Bertz CT molecular complexity index is 758. The molecule has 2 heterocycles. The number of carboxylic acids is 1.